The lowest BCUT2D eigenvalue weighted by atomic mass is 10.2. The molecule has 0 aromatic heterocycles. The van der Waals surface area contributed by atoms with Crippen molar-refractivity contribution in [2.45, 2.75) is 0 Å². The van der Waals surface area contributed by atoms with E-state index in [1.807, 2.05) is 0 Å². The third kappa shape index (κ3) is 3.64. The lowest BCUT2D eigenvalue weighted by Crippen LogP contribution is -2.19. The molecule has 0 saturated heterocycles. The molecule has 2 aromatic rings. The highest BCUT2D eigenvalue weighted by Crippen LogP contribution is 2.18. The molecule has 4 nitrogen and oxygen atoms in total. The predicted molar refractivity (Wildman–Crippen MR) is 80.0 cm³/mol. The van der Waals surface area contributed by atoms with Gasteiger partial charge < -0.3 is 5.73 Å². The molecule has 0 aliphatic heterocycles. The van der Waals surface area contributed by atoms with Crippen LogP contribution in [0, 0.1) is 5.82 Å². The second-order valence-electron chi connectivity index (χ2n) is 3.99. The van der Waals surface area contributed by atoms with Gasteiger partial charge in [-0.15, -0.1) is 0 Å². The largest absolute Gasteiger partial charge is 0.398 e. The van der Waals surface area contributed by atoms with Gasteiger partial charge in [-0.25, -0.2) is 9.82 Å². The van der Waals surface area contributed by atoms with Crippen LogP contribution in [0.15, 0.2) is 52.0 Å². The van der Waals surface area contributed by atoms with Gasteiger partial charge in [-0.05, 0) is 35.9 Å². The quantitative estimate of drug-likeness (QED) is 0.514. The van der Waals surface area contributed by atoms with Gasteiger partial charge in [0.15, 0.2) is 0 Å². The maximum absolute atomic E-state index is 12.9. The number of hydrogen-bond donors (Lipinski definition) is 2. The van der Waals surface area contributed by atoms with E-state index in [4.69, 9.17) is 5.73 Å². The summed E-state index contributed by atoms with van der Waals surface area (Å²) in [6.45, 7) is 0. The van der Waals surface area contributed by atoms with Crippen LogP contribution in [0.3, 0.4) is 0 Å². The van der Waals surface area contributed by atoms with Gasteiger partial charge in [-0.2, -0.15) is 5.10 Å². The van der Waals surface area contributed by atoms with Gasteiger partial charge in [0.2, 0.25) is 0 Å². The smallest absolute Gasteiger partial charge is 0.273 e. The molecule has 0 atom stereocenters. The average molecular weight is 336 g/mol. The Morgan fingerprint density at radius 1 is 1.30 bits per heavy atom. The van der Waals surface area contributed by atoms with Gasteiger partial charge in [-0.3, -0.25) is 4.79 Å². The van der Waals surface area contributed by atoms with E-state index in [2.05, 4.69) is 26.5 Å². The van der Waals surface area contributed by atoms with Crippen LogP contribution in [-0.2, 0) is 0 Å². The topological polar surface area (TPSA) is 67.5 Å². The number of nitrogen functional groups attached to an aromatic ring is 1. The van der Waals surface area contributed by atoms with Crippen LogP contribution in [0.4, 0.5) is 10.1 Å². The summed E-state index contributed by atoms with van der Waals surface area (Å²) >= 11 is 3.26. The van der Waals surface area contributed by atoms with E-state index in [1.54, 1.807) is 30.3 Å². The van der Waals surface area contributed by atoms with Crippen molar-refractivity contribution >= 4 is 33.7 Å². The molecule has 2 aromatic carbocycles. The molecule has 1 amide bonds. The molecule has 0 aliphatic rings. The van der Waals surface area contributed by atoms with E-state index in [0.29, 0.717) is 16.8 Å². The van der Waals surface area contributed by atoms with Gasteiger partial charge in [0.25, 0.3) is 5.91 Å². The Morgan fingerprint density at radius 3 is 2.85 bits per heavy atom. The Morgan fingerprint density at radius 2 is 2.10 bits per heavy atom. The molecule has 2 rings (SSSR count). The number of carbonyl (C=O) groups excluding carboxylic acids is 1. The molecule has 102 valence electrons. The maximum Gasteiger partial charge on any atom is 0.273 e. The number of halogens is 2. The van der Waals surface area contributed by atoms with Gasteiger partial charge in [0, 0.05) is 10.2 Å². The first-order chi connectivity index (χ1) is 9.56. The van der Waals surface area contributed by atoms with Crippen molar-refractivity contribution in [1.29, 1.82) is 0 Å². The summed E-state index contributed by atoms with van der Waals surface area (Å²) < 4.78 is 13.7. The Labute approximate surface area is 123 Å². The number of amides is 1. The first kappa shape index (κ1) is 14.2. The number of nitrogens with two attached hydrogens (primary N) is 1. The Hall–Kier alpha value is -2.21. The highest BCUT2D eigenvalue weighted by molar-refractivity contribution is 9.10. The van der Waals surface area contributed by atoms with Crippen LogP contribution in [0.5, 0.6) is 0 Å². The summed E-state index contributed by atoms with van der Waals surface area (Å²) in [5.41, 5.74) is 9.27. The number of nitrogens with one attached hydrogen (secondary N) is 1. The van der Waals surface area contributed by atoms with Crippen LogP contribution in [0.2, 0.25) is 0 Å². The molecule has 0 fully saturated rings. The van der Waals surface area contributed by atoms with Gasteiger partial charge in [0.05, 0.1) is 11.8 Å². The molecular weight excluding hydrogens is 325 g/mol. The Kier molecular flexibility index (Phi) is 4.47. The monoisotopic (exact) mass is 335 g/mol. The number of hydrogen-bond acceptors (Lipinski definition) is 3. The number of nitrogens with zero attached hydrogens (tertiary/aromatic N) is 1. The summed E-state index contributed by atoms with van der Waals surface area (Å²) in [7, 11) is 0. The molecule has 0 bridgehead atoms. The summed E-state index contributed by atoms with van der Waals surface area (Å²) in [5.74, 6) is -0.798. The van der Waals surface area contributed by atoms with E-state index < -0.39 is 5.91 Å². The Bertz CT molecular complexity index is 673. The van der Waals surface area contributed by atoms with Crippen LogP contribution in [0.1, 0.15) is 15.9 Å². The fourth-order valence-electron chi connectivity index (χ4n) is 1.54. The van der Waals surface area contributed by atoms with Gasteiger partial charge >= 0.3 is 0 Å². The van der Waals surface area contributed by atoms with Crippen LogP contribution in [0.25, 0.3) is 0 Å². The normalized spacial score (nSPS) is 10.7. The minimum atomic E-state index is -0.434. The van der Waals surface area contributed by atoms with Crippen LogP contribution in [-0.4, -0.2) is 12.1 Å². The highest BCUT2D eigenvalue weighted by atomic mass is 79.9. The lowest BCUT2D eigenvalue weighted by molar-refractivity contribution is 0.0956. The first-order valence-corrected chi connectivity index (χ1v) is 6.49. The van der Waals surface area contributed by atoms with Gasteiger partial charge in [-0.1, -0.05) is 28.1 Å². The number of rotatable bonds is 3. The molecule has 0 heterocycles. The van der Waals surface area contributed by atoms with Crippen LogP contribution < -0.4 is 11.2 Å². The molecular formula is C14H11BrFN3O. The van der Waals surface area contributed by atoms with Crippen molar-refractivity contribution < 1.29 is 9.18 Å². The molecule has 6 heteroatoms. The third-order valence-corrected chi connectivity index (χ3v) is 2.98. The highest BCUT2D eigenvalue weighted by Gasteiger charge is 2.08. The molecule has 0 spiro atoms. The average Bonchev–Trinajstić information content (AvgIpc) is 2.41. The SMILES string of the molecule is Nc1ccc(Br)cc1C(=O)NN=Cc1cccc(F)c1. The standard InChI is InChI=1S/C14H11BrFN3O/c15-10-4-5-13(17)12(7-10)14(20)19-18-8-9-2-1-3-11(16)6-9/h1-8H,17H2,(H,19,20). The fraction of sp³-hybridized carbons (Fsp3) is 0. The lowest BCUT2D eigenvalue weighted by Gasteiger charge is -2.04. The Balaban J connectivity index is 2.07. The molecule has 0 saturated carbocycles. The van der Waals surface area contributed by atoms with E-state index in [9.17, 15) is 9.18 Å². The second-order valence-corrected chi connectivity index (χ2v) is 4.90. The third-order valence-electron chi connectivity index (χ3n) is 2.49. The van der Waals surface area contributed by atoms with E-state index >= 15 is 0 Å². The van der Waals surface area contributed by atoms with Crippen molar-refractivity contribution in [2.75, 3.05) is 5.73 Å². The van der Waals surface area contributed by atoms with E-state index in [1.165, 1.54) is 18.3 Å². The zero-order valence-corrected chi connectivity index (χ0v) is 11.9. The van der Waals surface area contributed by atoms with E-state index in [0.717, 1.165) is 4.47 Å². The van der Waals surface area contributed by atoms with Crippen molar-refractivity contribution in [1.82, 2.24) is 5.43 Å². The summed E-state index contributed by atoms with van der Waals surface area (Å²) in [6, 6.07) is 10.8. The molecule has 0 radical (unpaired) electrons. The molecule has 0 unspecified atom stereocenters. The van der Waals surface area contributed by atoms with Crippen molar-refractivity contribution in [3.05, 3.63) is 63.9 Å². The number of anilines is 1. The van der Waals surface area contributed by atoms with Gasteiger partial charge in [0.1, 0.15) is 5.82 Å². The van der Waals surface area contributed by atoms with Crippen LogP contribution >= 0.6 is 15.9 Å². The number of hydrazone groups is 1. The fourth-order valence-corrected chi connectivity index (χ4v) is 1.90. The summed E-state index contributed by atoms with van der Waals surface area (Å²) in [6.07, 6.45) is 1.36. The number of benzene rings is 2. The van der Waals surface area contributed by atoms with Crippen molar-refractivity contribution in [2.24, 2.45) is 5.10 Å². The minimum Gasteiger partial charge on any atom is -0.398 e. The first-order valence-electron chi connectivity index (χ1n) is 5.70. The predicted octanol–water partition coefficient (Wildman–Crippen LogP) is 2.93. The van der Waals surface area contributed by atoms with Crippen molar-refractivity contribution in [3.8, 4) is 0 Å². The number of carbonyl (C=O) groups is 1. The van der Waals surface area contributed by atoms with E-state index in [-0.39, 0.29) is 5.82 Å². The zero-order valence-electron chi connectivity index (χ0n) is 10.3. The molecule has 3 N–H and O–H groups in total. The molecule has 0 aliphatic carbocycles. The maximum atomic E-state index is 12.9. The minimum absolute atomic E-state index is 0.316. The zero-order chi connectivity index (χ0) is 14.5. The second kappa shape index (κ2) is 6.29. The van der Waals surface area contributed by atoms with Crippen molar-refractivity contribution in [3.63, 3.8) is 0 Å². The molecule has 20 heavy (non-hydrogen) atoms. The summed E-state index contributed by atoms with van der Waals surface area (Å²) in [5, 5.41) is 3.77. The summed E-state index contributed by atoms with van der Waals surface area (Å²) in [4.78, 5) is 11.9.